The van der Waals surface area contributed by atoms with Crippen molar-refractivity contribution in [3.63, 3.8) is 0 Å². The van der Waals surface area contributed by atoms with Crippen molar-refractivity contribution in [2.24, 2.45) is 0 Å². The summed E-state index contributed by atoms with van der Waals surface area (Å²) in [6.07, 6.45) is 5.99. The molecule has 4 heteroatoms. The van der Waals surface area contributed by atoms with E-state index in [4.69, 9.17) is 0 Å². The third kappa shape index (κ3) is 4.75. The van der Waals surface area contributed by atoms with Gasteiger partial charge in [-0.1, -0.05) is 12.8 Å². The predicted molar refractivity (Wildman–Crippen MR) is 82.3 cm³/mol. The van der Waals surface area contributed by atoms with Gasteiger partial charge in [-0.05, 0) is 57.5 Å². The number of hydrogen-bond acceptors (Lipinski definition) is 2. The lowest BCUT2D eigenvalue weighted by atomic mass is 10.0. The highest BCUT2D eigenvalue weighted by atomic mass is 19.1. The monoisotopic (exact) mass is 296 g/mol. The van der Waals surface area contributed by atoms with Gasteiger partial charge >= 0.3 is 0 Å². The van der Waals surface area contributed by atoms with Crippen molar-refractivity contribution in [2.45, 2.75) is 51.1 Å². The molecule has 118 valence electrons. The molecule has 1 aromatic rings. The van der Waals surface area contributed by atoms with Crippen LogP contribution in [0.3, 0.4) is 0 Å². The van der Waals surface area contributed by atoms with Gasteiger partial charge in [0.25, 0.3) is 0 Å². The zero-order chi connectivity index (χ0) is 15.2. The van der Waals surface area contributed by atoms with Crippen molar-refractivity contribution in [2.75, 3.05) is 20.1 Å². The van der Waals surface area contributed by atoms with Crippen molar-refractivity contribution in [3.8, 4) is 0 Å². The van der Waals surface area contributed by atoms with Gasteiger partial charge in [0.05, 0.1) is 0 Å². The maximum absolute atomic E-state index is 13.4. The number of rotatable bonds is 5. The minimum absolute atomic E-state index is 0.00865. The van der Waals surface area contributed by atoms with Crippen LogP contribution >= 0.6 is 0 Å². The molecule has 0 aliphatic carbocycles. The standard InChI is InChI=1S/C17H26F2N2/c1-13-6-4-3-5-8-21(13)9-7-17(20-2)14-10-15(18)12-16(19)11-14/h10-13,17,20H,3-9H2,1-2H3. The first kappa shape index (κ1) is 16.4. The molecule has 1 aliphatic rings. The van der Waals surface area contributed by atoms with Crippen molar-refractivity contribution in [3.05, 3.63) is 35.4 Å². The van der Waals surface area contributed by atoms with Crippen LogP contribution in [0.2, 0.25) is 0 Å². The molecule has 0 bridgehead atoms. The zero-order valence-electron chi connectivity index (χ0n) is 13.0. The number of nitrogens with zero attached hydrogens (tertiary/aromatic N) is 1. The fourth-order valence-corrected chi connectivity index (χ4v) is 3.22. The van der Waals surface area contributed by atoms with Gasteiger partial charge in [0, 0.05) is 24.7 Å². The Morgan fingerprint density at radius 1 is 1.19 bits per heavy atom. The summed E-state index contributed by atoms with van der Waals surface area (Å²) < 4.78 is 26.7. The van der Waals surface area contributed by atoms with Crippen LogP contribution < -0.4 is 5.32 Å². The third-order valence-electron chi connectivity index (χ3n) is 4.53. The van der Waals surface area contributed by atoms with E-state index in [9.17, 15) is 8.78 Å². The lowest BCUT2D eigenvalue weighted by Gasteiger charge is -2.29. The number of nitrogens with one attached hydrogen (secondary N) is 1. The Hall–Kier alpha value is -1.00. The average Bonchev–Trinajstić information content (AvgIpc) is 2.63. The second-order valence-electron chi connectivity index (χ2n) is 6.07. The van der Waals surface area contributed by atoms with Crippen LogP contribution in [0, 0.1) is 11.6 Å². The molecular weight excluding hydrogens is 270 g/mol. The van der Waals surface area contributed by atoms with Gasteiger partial charge in [-0.25, -0.2) is 8.78 Å². The maximum atomic E-state index is 13.4. The smallest absolute Gasteiger partial charge is 0.126 e. The summed E-state index contributed by atoms with van der Waals surface area (Å²) in [5, 5.41) is 3.18. The van der Waals surface area contributed by atoms with E-state index in [1.807, 2.05) is 7.05 Å². The summed E-state index contributed by atoms with van der Waals surface area (Å²) in [6.45, 7) is 4.38. The highest BCUT2D eigenvalue weighted by Crippen LogP contribution is 2.22. The minimum atomic E-state index is -0.506. The Labute approximate surface area is 126 Å². The molecular formula is C17H26F2N2. The Bertz CT molecular complexity index is 430. The topological polar surface area (TPSA) is 15.3 Å². The van der Waals surface area contributed by atoms with Crippen molar-refractivity contribution < 1.29 is 8.78 Å². The van der Waals surface area contributed by atoms with E-state index in [1.165, 1.54) is 37.8 Å². The van der Waals surface area contributed by atoms with E-state index in [0.717, 1.165) is 25.6 Å². The Morgan fingerprint density at radius 2 is 1.90 bits per heavy atom. The summed E-state index contributed by atoms with van der Waals surface area (Å²) in [5.41, 5.74) is 0.692. The van der Waals surface area contributed by atoms with Crippen LogP contribution in [-0.2, 0) is 0 Å². The minimum Gasteiger partial charge on any atom is -0.313 e. The Morgan fingerprint density at radius 3 is 2.57 bits per heavy atom. The predicted octanol–water partition coefficient (Wildman–Crippen LogP) is 3.88. The number of benzene rings is 1. The van der Waals surface area contributed by atoms with Gasteiger partial charge in [0.2, 0.25) is 0 Å². The van der Waals surface area contributed by atoms with E-state index in [0.29, 0.717) is 11.6 Å². The molecule has 0 saturated carbocycles. The number of likely N-dealkylation sites (tertiary alicyclic amines) is 1. The summed E-state index contributed by atoms with van der Waals surface area (Å²) in [4.78, 5) is 2.51. The second kappa shape index (κ2) is 7.85. The summed E-state index contributed by atoms with van der Waals surface area (Å²) in [5.74, 6) is -1.01. The average molecular weight is 296 g/mol. The van der Waals surface area contributed by atoms with Gasteiger partial charge < -0.3 is 10.2 Å². The van der Waals surface area contributed by atoms with Crippen LogP contribution in [0.1, 0.15) is 50.6 Å². The zero-order valence-corrected chi connectivity index (χ0v) is 13.0. The molecule has 2 atom stereocenters. The number of hydrogen-bond donors (Lipinski definition) is 1. The van der Waals surface area contributed by atoms with Crippen molar-refractivity contribution >= 4 is 0 Å². The van der Waals surface area contributed by atoms with Crippen LogP contribution in [-0.4, -0.2) is 31.1 Å². The normalized spacial score (nSPS) is 22.0. The summed E-state index contributed by atoms with van der Waals surface area (Å²) in [6, 6.07) is 4.37. The van der Waals surface area contributed by atoms with Crippen LogP contribution in [0.15, 0.2) is 18.2 Å². The molecule has 1 saturated heterocycles. The van der Waals surface area contributed by atoms with Gasteiger partial charge in [0.15, 0.2) is 0 Å². The van der Waals surface area contributed by atoms with E-state index in [1.54, 1.807) is 0 Å². The van der Waals surface area contributed by atoms with Crippen LogP contribution in [0.4, 0.5) is 8.78 Å². The fourth-order valence-electron chi connectivity index (χ4n) is 3.22. The molecule has 1 N–H and O–H groups in total. The molecule has 0 aromatic heterocycles. The highest BCUT2D eigenvalue weighted by Gasteiger charge is 2.19. The highest BCUT2D eigenvalue weighted by molar-refractivity contribution is 5.21. The third-order valence-corrected chi connectivity index (χ3v) is 4.53. The molecule has 2 rings (SSSR count). The van der Waals surface area contributed by atoms with E-state index in [2.05, 4.69) is 17.1 Å². The molecule has 21 heavy (non-hydrogen) atoms. The van der Waals surface area contributed by atoms with Crippen molar-refractivity contribution in [1.82, 2.24) is 10.2 Å². The first-order chi connectivity index (χ1) is 10.1. The fraction of sp³-hybridized carbons (Fsp3) is 0.647. The molecule has 2 nitrogen and oxygen atoms in total. The molecule has 1 heterocycles. The molecule has 1 aromatic carbocycles. The first-order valence-electron chi connectivity index (χ1n) is 7.97. The molecule has 0 amide bonds. The van der Waals surface area contributed by atoms with E-state index < -0.39 is 11.6 Å². The SMILES string of the molecule is CNC(CCN1CCCCCC1C)c1cc(F)cc(F)c1. The van der Waals surface area contributed by atoms with Gasteiger partial charge in [-0.15, -0.1) is 0 Å². The van der Waals surface area contributed by atoms with Crippen LogP contribution in [0.5, 0.6) is 0 Å². The van der Waals surface area contributed by atoms with Gasteiger partial charge in [-0.3, -0.25) is 0 Å². The quantitative estimate of drug-likeness (QED) is 0.887. The van der Waals surface area contributed by atoms with Crippen LogP contribution in [0.25, 0.3) is 0 Å². The molecule has 0 radical (unpaired) electrons. The van der Waals surface area contributed by atoms with Gasteiger partial charge in [-0.2, -0.15) is 0 Å². The lowest BCUT2D eigenvalue weighted by Crippen LogP contribution is -2.35. The Balaban J connectivity index is 1.98. The molecule has 0 spiro atoms. The molecule has 1 fully saturated rings. The lowest BCUT2D eigenvalue weighted by molar-refractivity contribution is 0.203. The Kier molecular flexibility index (Phi) is 6.12. The second-order valence-corrected chi connectivity index (χ2v) is 6.07. The van der Waals surface area contributed by atoms with E-state index in [-0.39, 0.29) is 6.04 Å². The first-order valence-corrected chi connectivity index (χ1v) is 7.97. The van der Waals surface area contributed by atoms with Crippen molar-refractivity contribution in [1.29, 1.82) is 0 Å². The summed E-state index contributed by atoms with van der Waals surface area (Å²) >= 11 is 0. The van der Waals surface area contributed by atoms with Gasteiger partial charge in [0.1, 0.15) is 11.6 Å². The maximum Gasteiger partial charge on any atom is 0.126 e. The molecule has 1 aliphatic heterocycles. The summed E-state index contributed by atoms with van der Waals surface area (Å²) in [7, 11) is 1.85. The van der Waals surface area contributed by atoms with E-state index >= 15 is 0 Å². The largest absolute Gasteiger partial charge is 0.313 e. The molecule has 2 unspecified atom stereocenters. The number of halogens is 2.